The van der Waals surface area contributed by atoms with Gasteiger partial charge in [0, 0.05) is 5.56 Å². The standard InChI is InChI=1S/C18H14FN3O6/c19-12-3-9(1-2-10(12)4-20)6-22-13-8-28-7-11(13)16(25)15(18(22)27)17(26)21-5-14(23)24/h1-3,25H,5-8H2,(H,21,26)(H,23,24). The molecule has 1 amide bonds. The fourth-order valence-electron chi connectivity index (χ4n) is 2.92. The number of amides is 1. The lowest BCUT2D eigenvalue weighted by Gasteiger charge is -2.15. The van der Waals surface area contributed by atoms with Crippen LogP contribution in [0.2, 0.25) is 0 Å². The first-order valence-electron chi connectivity index (χ1n) is 8.07. The van der Waals surface area contributed by atoms with Crippen molar-refractivity contribution in [3.8, 4) is 11.8 Å². The van der Waals surface area contributed by atoms with E-state index in [9.17, 15) is 23.9 Å². The third kappa shape index (κ3) is 3.43. The van der Waals surface area contributed by atoms with Crippen molar-refractivity contribution in [3.05, 3.63) is 62.3 Å². The number of carboxylic acids is 1. The summed E-state index contributed by atoms with van der Waals surface area (Å²) in [6.45, 7) is -0.894. The van der Waals surface area contributed by atoms with E-state index in [0.717, 1.165) is 6.07 Å². The predicted octanol–water partition coefficient (Wildman–Crippen LogP) is 0.458. The van der Waals surface area contributed by atoms with E-state index >= 15 is 0 Å². The fourth-order valence-corrected chi connectivity index (χ4v) is 2.92. The average molecular weight is 387 g/mol. The number of benzene rings is 1. The van der Waals surface area contributed by atoms with Gasteiger partial charge in [-0.2, -0.15) is 5.26 Å². The maximum atomic E-state index is 13.9. The molecule has 1 aliphatic heterocycles. The van der Waals surface area contributed by atoms with Crippen LogP contribution in [-0.2, 0) is 29.3 Å². The van der Waals surface area contributed by atoms with E-state index in [4.69, 9.17) is 15.1 Å². The molecule has 9 nitrogen and oxygen atoms in total. The van der Waals surface area contributed by atoms with Gasteiger partial charge in [-0.05, 0) is 17.7 Å². The van der Waals surface area contributed by atoms with Crippen molar-refractivity contribution in [2.75, 3.05) is 6.54 Å². The number of halogens is 1. The Balaban J connectivity index is 2.07. The molecule has 0 bridgehead atoms. The van der Waals surface area contributed by atoms with E-state index < -0.39 is 41.1 Å². The number of nitrogens with one attached hydrogen (secondary N) is 1. The molecule has 2 aromatic rings. The Morgan fingerprint density at radius 3 is 2.75 bits per heavy atom. The van der Waals surface area contributed by atoms with E-state index in [2.05, 4.69) is 0 Å². The highest BCUT2D eigenvalue weighted by Gasteiger charge is 2.29. The Labute approximate surface area is 157 Å². The number of fused-ring (bicyclic) bond motifs is 1. The molecule has 0 saturated heterocycles. The lowest BCUT2D eigenvalue weighted by atomic mass is 10.1. The normalized spacial score (nSPS) is 12.3. The Morgan fingerprint density at radius 2 is 2.11 bits per heavy atom. The van der Waals surface area contributed by atoms with Gasteiger partial charge in [-0.3, -0.25) is 14.4 Å². The van der Waals surface area contributed by atoms with Gasteiger partial charge < -0.3 is 24.8 Å². The smallest absolute Gasteiger partial charge is 0.322 e. The summed E-state index contributed by atoms with van der Waals surface area (Å²) < 4.78 is 20.3. The molecule has 3 rings (SSSR count). The number of carbonyl (C=O) groups is 2. The second-order valence-corrected chi connectivity index (χ2v) is 6.04. The Bertz CT molecular complexity index is 1090. The maximum Gasteiger partial charge on any atom is 0.322 e. The van der Waals surface area contributed by atoms with E-state index in [-0.39, 0.29) is 30.9 Å². The molecule has 0 radical (unpaired) electrons. The molecule has 0 saturated carbocycles. The van der Waals surface area contributed by atoms with E-state index in [1.807, 2.05) is 5.32 Å². The molecule has 1 aromatic heterocycles. The van der Waals surface area contributed by atoms with Crippen LogP contribution in [0, 0.1) is 17.1 Å². The lowest BCUT2D eigenvalue weighted by molar-refractivity contribution is -0.135. The molecule has 1 aromatic carbocycles. The molecule has 2 heterocycles. The minimum atomic E-state index is -1.31. The van der Waals surface area contributed by atoms with Crippen molar-refractivity contribution in [2.24, 2.45) is 0 Å². The zero-order valence-electron chi connectivity index (χ0n) is 14.4. The van der Waals surface area contributed by atoms with Crippen LogP contribution in [0.3, 0.4) is 0 Å². The van der Waals surface area contributed by atoms with Crippen LogP contribution in [0.1, 0.15) is 32.7 Å². The largest absolute Gasteiger partial charge is 0.506 e. The highest BCUT2D eigenvalue weighted by Crippen LogP contribution is 2.30. The molecular formula is C18H14FN3O6. The van der Waals surface area contributed by atoms with Crippen molar-refractivity contribution < 1.29 is 28.9 Å². The fraction of sp³-hybridized carbons (Fsp3) is 0.222. The zero-order chi connectivity index (χ0) is 20.4. The molecular weight excluding hydrogens is 373 g/mol. The molecule has 10 heteroatoms. The van der Waals surface area contributed by atoms with Gasteiger partial charge in [0.15, 0.2) is 0 Å². The molecule has 28 heavy (non-hydrogen) atoms. The summed E-state index contributed by atoms with van der Waals surface area (Å²) in [6.07, 6.45) is 0. The van der Waals surface area contributed by atoms with Crippen LogP contribution >= 0.6 is 0 Å². The monoisotopic (exact) mass is 387 g/mol. The molecule has 0 atom stereocenters. The number of carbonyl (C=O) groups excluding carboxylic acids is 1. The zero-order valence-corrected chi connectivity index (χ0v) is 14.4. The molecule has 0 aliphatic carbocycles. The predicted molar refractivity (Wildman–Crippen MR) is 91.0 cm³/mol. The van der Waals surface area contributed by atoms with Crippen LogP contribution in [0.4, 0.5) is 4.39 Å². The van der Waals surface area contributed by atoms with Crippen molar-refractivity contribution >= 4 is 11.9 Å². The number of ether oxygens (including phenoxy) is 1. The summed E-state index contributed by atoms with van der Waals surface area (Å²) in [5.41, 5.74) is -0.704. The number of aromatic nitrogens is 1. The van der Waals surface area contributed by atoms with Gasteiger partial charge in [-0.1, -0.05) is 6.07 Å². The summed E-state index contributed by atoms with van der Waals surface area (Å²) in [5, 5.41) is 29.9. The Morgan fingerprint density at radius 1 is 1.36 bits per heavy atom. The first-order valence-corrected chi connectivity index (χ1v) is 8.07. The number of aromatic hydroxyl groups is 1. The minimum absolute atomic E-state index is 0.00786. The topological polar surface area (TPSA) is 142 Å². The summed E-state index contributed by atoms with van der Waals surface area (Å²) in [4.78, 5) is 35.7. The number of aliphatic carboxylic acids is 1. The third-order valence-electron chi connectivity index (χ3n) is 4.26. The number of nitrogens with zero attached hydrogens (tertiary/aromatic N) is 2. The van der Waals surface area contributed by atoms with Crippen LogP contribution in [-0.4, -0.2) is 33.2 Å². The number of pyridine rings is 1. The third-order valence-corrected chi connectivity index (χ3v) is 4.26. The minimum Gasteiger partial charge on any atom is -0.506 e. The molecule has 144 valence electrons. The highest BCUT2D eigenvalue weighted by atomic mass is 19.1. The summed E-state index contributed by atoms with van der Waals surface area (Å²) in [6, 6.07) is 5.53. The van der Waals surface area contributed by atoms with Gasteiger partial charge in [-0.25, -0.2) is 4.39 Å². The maximum absolute atomic E-state index is 13.9. The Hall–Kier alpha value is -3.71. The molecule has 0 fully saturated rings. The second kappa shape index (κ2) is 7.50. The van der Waals surface area contributed by atoms with Gasteiger partial charge in [0.2, 0.25) is 0 Å². The highest BCUT2D eigenvalue weighted by molar-refractivity contribution is 5.98. The van der Waals surface area contributed by atoms with Crippen molar-refractivity contribution in [1.82, 2.24) is 9.88 Å². The van der Waals surface area contributed by atoms with E-state index in [1.54, 1.807) is 6.07 Å². The van der Waals surface area contributed by atoms with Gasteiger partial charge in [0.1, 0.15) is 29.7 Å². The van der Waals surface area contributed by atoms with Crippen molar-refractivity contribution in [3.63, 3.8) is 0 Å². The molecule has 3 N–H and O–H groups in total. The molecule has 0 unspecified atom stereocenters. The van der Waals surface area contributed by atoms with Crippen molar-refractivity contribution in [1.29, 1.82) is 5.26 Å². The summed E-state index contributed by atoms with van der Waals surface area (Å²) >= 11 is 0. The second-order valence-electron chi connectivity index (χ2n) is 6.04. The number of hydrogen-bond acceptors (Lipinski definition) is 6. The van der Waals surface area contributed by atoms with Gasteiger partial charge >= 0.3 is 5.97 Å². The number of carboxylic acid groups (broad SMARTS) is 1. The van der Waals surface area contributed by atoms with Crippen molar-refractivity contribution in [2.45, 2.75) is 19.8 Å². The van der Waals surface area contributed by atoms with Gasteiger partial charge in [-0.15, -0.1) is 0 Å². The van der Waals surface area contributed by atoms with Gasteiger partial charge in [0.25, 0.3) is 11.5 Å². The van der Waals surface area contributed by atoms with Gasteiger partial charge in [0.05, 0.1) is 31.0 Å². The molecule has 1 aliphatic rings. The Kier molecular flexibility index (Phi) is 5.10. The SMILES string of the molecule is N#Cc1ccc(Cn2c3c(c(O)c(C(=O)NCC(=O)O)c2=O)COC3)cc1F. The first kappa shape index (κ1) is 19.1. The summed E-state index contributed by atoms with van der Waals surface area (Å²) in [7, 11) is 0. The number of hydrogen-bond donors (Lipinski definition) is 3. The molecule has 0 spiro atoms. The van der Waals surface area contributed by atoms with Crippen LogP contribution in [0.5, 0.6) is 5.75 Å². The number of rotatable bonds is 5. The average Bonchev–Trinajstić information content (AvgIpc) is 3.13. The van der Waals surface area contributed by atoms with E-state index in [0.29, 0.717) is 11.3 Å². The summed E-state index contributed by atoms with van der Waals surface area (Å²) in [5.74, 6) is -3.67. The first-order chi connectivity index (χ1) is 13.3. The number of nitriles is 1. The quantitative estimate of drug-likeness (QED) is 0.676. The lowest BCUT2D eigenvalue weighted by Crippen LogP contribution is -2.37. The van der Waals surface area contributed by atoms with Crippen LogP contribution in [0.25, 0.3) is 0 Å². The van der Waals surface area contributed by atoms with Crippen LogP contribution < -0.4 is 10.9 Å². The van der Waals surface area contributed by atoms with Crippen LogP contribution in [0.15, 0.2) is 23.0 Å². The van der Waals surface area contributed by atoms with E-state index in [1.165, 1.54) is 16.7 Å².